The number of hydrogen-bond acceptors (Lipinski definition) is 1. The Kier molecular flexibility index (Phi) is 2.55. The van der Waals surface area contributed by atoms with E-state index >= 15 is 0 Å². The summed E-state index contributed by atoms with van der Waals surface area (Å²) in [5.74, 6) is 0. The standard InChI is InChI=1S/C14H9F3N2/c15-14(16,17)11-6-4-10(5-7-11)12-9-18-19-8-2-1-3-13(12)19/h1-9H. The first kappa shape index (κ1) is 11.8. The molecule has 0 aliphatic carbocycles. The molecule has 3 aromatic rings. The fraction of sp³-hybridized carbons (Fsp3) is 0.0714. The third-order valence-electron chi connectivity index (χ3n) is 2.95. The van der Waals surface area contributed by atoms with Gasteiger partial charge in [-0.1, -0.05) is 18.2 Å². The molecule has 0 atom stereocenters. The van der Waals surface area contributed by atoms with Crippen molar-refractivity contribution in [1.29, 1.82) is 0 Å². The van der Waals surface area contributed by atoms with E-state index in [4.69, 9.17) is 0 Å². The lowest BCUT2D eigenvalue weighted by atomic mass is 10.1. The van der Waals surface area contributed by atoms with Crippen LogP contribution in [0.15, 0.2) is 54.9 Å². The first-order chi connectivity index (χ1) is 9.05. The van der Waals surface area contributed by atoms with E-state index in [2.05, 4.69) is 5.10 Å². The number of aromatic nitrogens is 2. The zero-order valence-corrected chi connectivity index (χ0v) is 9.72. The van der Waals surface area contributed by atoms with Crippen LogP contribution in [0, 0.1) is 0 Å². The second-order valence-corrected chi connectivity index (χ2v) is 4.16. The zero-order chi connectivity index (χ0) is 13.5. The van der Waals surface area contributed by atoms with Gasteiger partial charge in [0.2, 0.25) is 0 Å². The topological polar surface area (TPSA) is 17.3 Å². The van der Waals surface area contributed by atoms with Crippen LogP contribution in [0.5, 0.6) is 0 Å². The SMILES string of the molecule is FC(F)(F)c1ccc(-c2cnn3ccccc23)cc1. The highest BCUT2D eigenvalue weighted by atomic mass is 19.4. The summed E-state index contributed by atoms with van der Waals surface area (Å²) in [6.45, 7) is 0. The van der Waals surface area contributed by atoms with Crippen LogP contribution in [0.3, 0.4) is 0 Å². The summed E-state index contributed by atoms with van der Waals surface area (Å²) in [7, 11) is 0. The van der Waals surface area contributed by atoms with Crippen LogP contribution in [0.25, 0.3) is 16.6 Å². The first-order valence-electron chi connectivity index (χ1n) is 5.66. The largest absolute Gasteiger partial charge is 0.416 e. The molecule has 3 rings (SSSR count). The molecule has 2 nitrogen and oxygen atoms in total. The Bertz CT molecular complexity index is 711. The molecule has 0 bridgehead atoms. The Labute approximate surface area is 107 Å². The van der Waals surface area contributed by atoms with E-state index in [1.54, 1.807) is 16.9 Å². The van der Waals surface area contributed by atoms with Crippen LogP contribution in [-0.4, -0.2) is 9.61 Å². The van der Waals surface area contributed by atoms with Crippen LogP contribution in [0.4, 0.5) is 13.2 Å². The van der Waals surface area contributed by atoms with E-state index in [-0.39, 0.29) is 0 Å². The van der Waals surface area contributed by atoms with Crippen molar-refractivity contribution in [2.45, 2.75) is 6.18 Å². The molecule has 5 heteroatoms. The van der Waals surface area contributed by atoms with Crippen molar-refractivity contribution in [1.82, 2.24) is 9.61 Å². The van der Waals surface area contributed by atoms with Crippen molar-refractivity contribution < 1.29 is 13.2 Å². The predicted molar refractivity (Wildman–Crippen MR) is 65.6 cm³/mol. The molecule has 0 saturated carbocycles. The minimum atomic E-state index is -4.31. The maximum absolute atomic E-state index is 12.5. The Morgan fingerprint density at radius 1 is 0.947 bits per heavy atom. The molecular weight excluding hydrogens is 253 g/mol. The average molecular weight is 262 g/mol. The molecule has 0 radical (unpaired) electrons. The maximum atomic E-state index is 12.5. The normalized spacial score (nSPS) is 11.9. The zero-order valence-electron chi connectivity index (χ0n) is 9.72. The molecule has 0 spiro atoms. The lowest BCUT2D eigenvalue weighted by molar-refractivity contribution is -0.137. The molecule has 96 valence electrons. The van der Waals surface area contributed by atoms with Gasteiger partial charge in [0, 0.05) is 11.8 Å². The van der Waals surface area contributed by atoms with Gasteiger partial charge >= 0.3 is 6.18 Å². The van der Waals surface area contributed by atoms with Gasteiger partial charge in [0.05, 0.1) is 17.3 Å². The van der Waals surface area contributed by atoms with Crippen molar-refractivity contribution in [2.24, 2.45) is 0 Å². The van der Waals surface area contributed by atoms with Gasteiger partial charge in [0.25, 0.3) is 0 Å². The lowest BCUT2D eigenvalue weighted by Crippen LogP contribution is -2.03. The van der Waals surface area contributed by atoms with Crippen LogP contribution in [0.2, 0.25) is 0 Å². The number of halogens is 3. The highest BCUT2D eigenvalue weighted by Crippen LogP contribution is 2.31. The van der Waals surface area contributed by atoms with Gasteiger partial charge in [-0.2, -0.15) is 18.3 Å². The minimum absolute atomic E-state index is 0.646. The van der Waals surface area contributed by atoms with Gasteiger partial charge in [-0.3, -0.25) is 0 Å². The lowest BCUT2D eigenvalue weighted by Gasteiger charge is -2.07. The van der Waals surface area contributed by atoms with E-state index < -0.39 is 11.7 Å². The van der Waals surface area contributed by atoms with Crippen LogP contribution in [-0.2, 0) is 6.18 Å². The summed E-state index contributed by atoms with van der Waals surface area (Å²) < 4.78 is 39.2. The maximum Gasteiger partial charge on any atom is 0.416 e. The number of benzene rings is 1. The first-order valence-corrected chi connectivity index (χ1v) is 5.66. The molecule has 0 fully saturated rings. The summed E-state index contributed by atoms with van der Waals surface area (Å²) in [5.41, 5.74) is 1.75. The monoisotopic (exact) mass is 262 g/mol. The van der Waals surface area contributed by atoms with Crippen LogP contribution >= 0.6 is 0 Å². The molecule has 0 amide bonds. The molecule has 0 aliphatic heterocycles. The number of alkyl halides is 3. The van der Waals surface area contributed by atoms with Crippen molar-refractivity contribution >= 4 is 5.52 Å². The van der Waals surface area contributed by atoms with Crippen molar-refractivity contribution in [3.8, 4) is 11.1 Å². The average Bonchev–Trinajstić information content (AvgIpc) is 2.82. The Hall–Kier alpha value is -2.30. The molecule has 0 aliphatic rings. The van der Waals surface area contributed by atoms with Crippen LogP contribution in [0.1, 0.15) is 5.56 Å². The third-order valence-corrected chi connectivity index (χ3v) is 2.95. The second kappa shape index (κ2) is 4.12. The number of rotatable bonds is 1. The van der Waals surface area contributed by atoms with Gasteiger partial charge in [0.1, 0.15) is 0 Å². The molecule has 0 N–H and O–H groups in total. The van der Waals surface area contributed by atoms with E-state index in [1.807, 2.05) is 18.2 Å². The van der Waals surface area contributed by atoms with Crippen molar-refractivity contribution in [2.75, 3.05) is 0 Å². The minimum Gasteiger partial charge on any atom is -0.240 e. The second-order valence-electron chi connectivity index (χ2n) is 4.16. The van der Waals surface area contributed by atoms with Gasteiger partial charge in [0.15, 0.2) is 0 Å². The van der Waals surface area contributed by atoms with Gasteiger partial charge in [-0.05, 0) is 29.8 Å². The third kappa shape index (κ3) is 2.07. The predicted octanol–water partition coefficient (Wildman–Crippen LogP) is 4.02. The van der Waals surface area contributed by atoms with E-state index in [0.29, 0.717) is 5.56 Å². The van der Waals surface area contributed by atoms with Gasteiger partial charge < -0.3 is 0 Å². The molecular formula is C14H9F3N2. The summed E-state index contributed by atoms with van der Waals surface area (Å²) in [5, 5.41) is 4.16. The Balaban J connectivity index is 2.07. The number of nitrogens with zero attached hydrogens (tertiary/aromatic N) is 2. The highest BCUT2D eigenvalue weighted by Gasteiger charge is 2.30. The summed E-state index contributed by atoms with van der Waals surface area (Å²) >= 11 is 0. The molecule has 1 aromatic carbocycles. The number of pyridine rings is 1. The number of hydrogen-bond donors (Lipinski definition) is 0. The molecule has 0 unspecified atom stereocenters. The quantitative estimate of drug-likeness (QED) is 0.647. The summed E-state index contributed by atoms with van der Waals surface area (Å²) in [6.07, 6.45) is -0.861. The van der Waals surface area contributed by atoms with E-state index in [1.165, 1.54) is 12.1 Å². The molecule has 2 aromatic heterocycles. The fourth-order valence-electron chi connectivity index (χ4n) is 2.00. The van der Waals surface area contributed by atoms with Crippen LogP contribution < -0.4 is 0 Å². The molecule has 0 saturated heterocycles. The van der Waals surface area contributed by atoms with E-state index in [0.717, 1.165) is 23.2 Å². The summed E-state index contributed by atoms with van der Waals surface area (Å²) in [4.78, 5) is 0. The van der Waals surface area contributed by atoms with Gasteiger partial charge in [-0.15, -0.1) is 0 Å². The van der Waals surface area contributed by atoms with Gasteiger partial charge in [-0.25, -0.2) is 4.52 Å². The fourth-order valence-corrected chi connectivity index (χ4v) is 2.00. The molecule has 2 heterocycles. The van der Waals surface area contributed by atoms with Crippen molar-refractivity contribution in [3.05, 3.63) is 60.4 Å². The van der Waals surface area contributed by atoms with E-state index in [9.17, 15) is 13.2 Å². The van der Waals surface area contributed by atoms with Crippen molar-refractivity contribution in [3.63, 3.8) is 0 Å². The Morgan fingerprint density at radius 2 is 1.68 bits per heavy atom. The molecule has 19 heavy (non-hydrogen) atoms. The number of fused-ring (bicyclic) bond motifs is 1. The smallest absolute Gasteiger partial charge is 0.240 e. The highest BCUT2D eigenvalue weighted by molar-refractivity contribution is 5.79. The summed E-state index contributed by atoms with van der Waals surface area (Å²) in [6, 6.07) is 10.7. The Morgan fingerprint density at radius 3 is 2.37 bits per heavy atom.